The first-order valence-corrected chi connectivity index (χ1v) is 8.97. The van der Waals surface area contributed by atoms with Gasteiger partial charge in [0.25, 0.3) is 0 Å². The number of rotatable bonds is 1. The van der Waals surface area contributed by atoms with E-state index < -0.39 is 23.1 Å². The average Bonchev–Trinajstić information content (AvgIpc) is 2.45. The van der Waals surface area contributed by atoms with Gasteiger partial charge in [0.2, 0.25) is 11.6 Å². The van der Waals surface area contributed by atoms with Crippen LogP contribution >= 0.6 is 0 Å². The minimum absolute atomic E-state index is 0.00645. The lowest BCUT2D eigenvalue weighted by Gasteiger charge is -2.56. The first-order chi connectivity index (χ1) is 11.0. The van der Waals surface area contributed by atoms with Crippen LogP contribution in [-0.2, 0) is 9.59 Å². The maximum absolute atomic E-state index is 13.0. The minimum Gasteiger partial charge on any atom is -0.507 e. The number of aliphatic hydroxyl groups excluding tert-OH is 2. The van der Waals surface area contributed by atoms with Crippen LogP contribution in [0.3, 0.4) is 0 Å². The van der Waals surface area contributed by atoms with Gasteiger partial charge >= 0.3 is 0 Å². The molecule has 0 heterocycles. The van der Waals surface area contributed by atoms with Crippen LogP contribution in [0.5, 0.6) is 0 Å². The number of hydrogen-bond acceptors (Lipinski definition) is 4. The molecule has 0 aromatic carbocycles. The van der Waals surface area contributed by atoms with E-state index >= 15 is 0 Å². The summed E-state index contributed by atoms with van der Waals surface area (Å²) >= 11 is 0. The van der Waals surface area contributed by atoms with Crippen LogP contribution in [-0.4, -0.2) is 27.9 Å². The van der Waals surface area contributed by atoms with Gasteiger partial charge < -0.3 is 10.2 Å². The number of aliphatic hydroxyl groups is 2. The predicted octanol–water partition coefficient (Wildman–Crippen LogP) is 3.50. The number of Topliss-reactive ketones (excluding diaryl/α,β-unsaturated/α-hetero) is 2. The van der Waals surface area contributed by atoms with Crippen LogP contribution < -0.4 is 0 Å². The molecule has 0 radical (unpaired) electrons. The third-order valence-corrected chi connectivity index (χ3v) is 6.63. The summed E-state index contributed by atoms with van der Waals surface area (Å²) in [6.45, 7) is 9.96. The lowest BCUT2D eigenvalue weighted by molar-refractivity contribution is -0.135. The summed E-state index contributed by atoms with van der Waals surface area (Å²) in [6.07, 6.45) is 2.48. The predicted molar refractivity (Wildman–Crippen MR) is 91.4 cm³/mol. The van der Waals surface area contributed by atoms with E-state index in [0.29, 0.717) is 17.6 Å². The average molecular weight is 332 g/mol. The van der Waals surface area contributed by atoms with E-state index in [0.717, 1.165) is 19.3 Å². The first kappa shape index (κ1) is 17.4. The number of hydrogen-bond donors (Lipinski definition) is 2. The Balaban J connectivity index is 2.27. The Morgan fingerprint density at radius 2 is 1.71 bits per heavy atom. The van der Waals surface area contributed by atoms with Gasteiger partial charge in [-0.25, -0.2) is 0 Å². The second kappa shape index (κ2) is 5.29. The fourth-order valence-corrected chi connectivity index (χ4v) is 5.50. The molecule has 132 valence electrons. The molecule has 0 spiro atoms. The van der Waals surface area contributed by atoms with Gasteiger partial charge in [0.1, 0.15) is 5.76 Å². The smallest absolute Gasteiger partial charge is 0.233 e. The van der Waals surface area contributed by atoms with E-state index in [4.69, 9.17) is 0 Å². The second-order valence-corrected chi connectivity index (χ2v) is 8.93. The molecule has 0 amide bonds. The molecule has 2 N–H and O–H groups in total. The molecule has 1 fully saturated rings. The van der Waals surface area contributed by atoms with Crippen LogP contribution in [0.15, 0.2) is 22.5 Å². The molecule has 4 heteroatoms. The summed E-state index contributed by atoms with van der Waals surface area (Å²) in [5.74, 6) is -1.40. The molecule has 3 aliphatic rings. The van der Waals surface area contributed by atoms with Gasteiger partial charge in [0.05, 0.1) is 6.10 Å². The highest BCUT2D eigenvalue weighted by Crippen LogP contribution is 2.61. The van der Waals surface area contributed by atoms with E-state index in [1.54, 1.807) is 13.8 Å². The maximum atomic E-state index is 13.0. The highest BCUT2D eigenvalue weighted by Gasteiger charge is 2.57. The molecule has 0 bridgehead atoms. The van der Waals surface area contributed by atoms with E-state index in [-0.39, 0.29) is 28.6 Å². The lowest BCUT2D eigenvalue weighted by Crippen LogP contribution is -2.52. The fraction of sp³-hybridized carbons (Fsp3) is 0.700. The van der Waals surface area contributed by atoms with Gasteiger partial charge in [0.15, 0.2) is 0 Å². The van der Waals surface area contributed by atoms with Crippen molar-refractivity contribution < 1.29 is 19.8 Å². The molecule has 1 saturated carbocycles. The Kier molecular flexibility index (Phi) is 3.83. The van der Waals surface area contributed by atoms with E-state index in [1.807, 2.05) is 6.92 Å². The van der Waals surface area contributed by atoms with Crippen molar-refractivity contribution in [2.24, 2.45) is 22.7 Å². The lowest BCUT2D eigenvalue weighted by atomic mass is 9.48. The van der Waals surface area contributed by atoms with Gasteiger partial charge in [-0.15, -0.1) is 0 Å². The number of fused-ring (bicyclic) bond motifs is 2. The normalized spacial score (nSPS) is 36.1. The van der Waals surface area contributed by atoms with Gasteiger partial charge in [0, 0.05) is 22.1 Å². The Hall–Kier alpha value is -1.42. The summed E-state index contributed by atoms with van der Waals surface area (Å²) in [7, 11) is 0. The summed E-state index contributed by atoms with van der Waals surface area (Å²) in [5, 5.41) is 21.5. The monoisotopic (exact) mass is 332 g/mol. The van der Waals surface area contributed by atoms with Crippen LogP contribution in [0.2, 0.25) is 0 Å². The molecule has 0 saturated heterocycles. The Labute approximate surface area is 143 Å². The summed E-state index contributed by atoms with van der Waals surface area (Å²) < 4.78 is 0. The molecule has 3 rings (SSSR count). The summed E-state index contributed by atoms with van der Waals surface area (Å²) in [4.78, 5) is 25.6. The quantitative estimate of drug-likeness (QED) is 0.569. The van der Waals surface area contributed by atoms with Gasteiger partial charge in [-0.1, -0.05) is 41.0 Å². The zero-order valence-electron chi connectivity index (χ0n) is 15.3. The highest BCUT2D eigenvalue weighted by atomic mass is 16.3. The highest BCUT2D eigenvalue weighted by molar-refractivity contribution is 6.50. The Morgan fingerprint density at radius 1 is 1.08 bits per heavy atom. The summed E-state index contributed by atoms with van der Waals surface area (Å²) in [5.41, 5.74) is 0.383. The number of allylic oxidation sites excluding steroid dienone is 2. The number of carbonyl (C=O) groups is 2. The minimum atomic E-state index is -0.888. The van der Waals surface area contributed by atoms with Gasteiger partial charge in [-0.05, 0) is 36.5 Å². The second-order valence-electron chi connectivity index (χ2n) is 8.93. The maximum Gasteiger partial charge on any atom is 0.233 e. The molecule has 4 nitrogen and oxygen atoms in total. The third kappa shape index (κ3) is 2.15. The van der Waals surface area contributed by atoms with Crippen molar-refractivity contribution >= 4 is 11.6 Å². The fourth-order valence-electron chi connectivity index (χ4n) is 5.50. The Morgan fingerprint density at radius 3 is 2.29 bits per heavy atom. The molecule has 0 aromatic rings. The van der Waals surface area contributed by atoms with Crippen molar-refractivity contribution in [3.8, 4) is 0 Å². The van der Waals surface area contributed by atoms with Gasteiger partial charge in [-0.2, -0.15) is 0 Å². The molecule has 0 aromatic heterocycles. The first-order valence-electron chi connectivity index (χ1n) is 8.97. The topological polar surface area (TPSA) is 74.6 Å². The van der Waals surface area contributed by atoms with Crippen LogP contribution in [0.25, 0.3) is 0 Å². The molecular formula is C20H28O4. The SMILES string of the molecule is CC(C)C1=C(O)C2=C(C(=O)C1=O)[C@@]1(C)CCCC(C)(C)[C@@H]1C[C@@H]2O. The van der Waals surface area contributed by atoms with Crippen molar-refractivity contribution in [2.45, 2.75) is 66.4 Å². The molecule has 24 heavy (non-hydrogen) atoms. The van der Waals surface area contributed by atoms with Crippen LogP contribution in [0.4, 0.5) is 0 Å². The van der Waals surface area contributed by atoms with Crippen molar-refractivity contribution in [3.05, 3.63) is 22.5 Å². The van der Waals surface area contributed by atoms with Crippen molar-refractivity contribution in [2.75, 3.05) is 0 Å². The van der Waals surface area contributed by atoms with Crippen LogP contribution in [0.1, 0.15) is 60.3 Å². The number of ketones is 2. The zero-order valence-corrected chi connectivity index (χ0v) is 15.3. The van der Waals surface area contributed by atoms with E-state index in [9.17, 15) is 19.8 Å². The molecule has 0 unspecified atom stereocenters. The third-order valence-electron chi connectivity index (χ3n) is 6.63. The molecular weight excluding hydrogens is 304 g/mol. The van der Waals surface area contributed by atoms with Crippen molar-refractivity contribution in [1.29, 1.82) is 0 Å². The summed E-state index contributed by atoms with van der Waals surface area (Å²) in [6, 6.07) is 0. The van der Waals surface area contributed by atoms with Crippen LogP contribution in [0, 0.1) is 22.7 Å². The largest absolute Gasteiger partial charge is 0.507 e. The van der Waals surface area contributed by atoms with E-state index in [1.165, 1.54) is 0 Å². The zero-order chi connectivity index (χ0) is 18.0. The standard InChI is InChI=1S/C20H28O4/c1-10(2)13-16(22)14-11(21)9-12-19(3,4)7-6-8-20(12,5)15(14)18(24)17(13)23/h10-12,21-22H,6-9H2,1-5H3/t11-,12-,20-/m0/s1. The molecule has 0 aliphatic heterocycles. The Bertz CT molecular complexity index is 680. The van der Waals surface area contributed by atoms with E-state index in [2.05, 4.69) is 13.8 Å². The molecule has 3 atom stereocenters. The van der Waals surface area contributed by atoms with Gasteiger partial charge in [-0.3, -0.25) is 9.59 Å². The number of carbonyl (C=O) groups excluding carboxylic acids is 2. The van der Waals surface area contributed by atoms with Crippen molar-refractivity contribution in [3.63, 3.8) is 0 Å². The van der Waals surface area contributed by atoms with Crippen molar-refractivity contribution in [1.82, 2.24) is 0 Å². The molecule has 3 aliphatic carbocycles.